The summed E-state index contributed by atoms with van der Waals surface area (Å²) in [5.74, 6) is -2.12. The van der Waals surface area contributed by atoms with Crippen molar-refractivity contribution in [3.8, 4) is 11.8 Å². The Labute approximate surface area is 79.2 Å². The van der Waals surface area contributed by atoms with Gasteiger partial charge in [-0.25, -0.2) is 9.18 Å². The average molecular weight is 195 g/mol. The van der Waals surface area contributed by atoms with E-state index >= 15 is 0 Å². The molecule has 1 rings (SSSR count). The fraction of sp³-hybridized carbons (Fsp3) is 0.111. The summed E-state index contributed by atoms with van der Waals surface area (Å²) in [4.78, 5) is 10.1. The van der Waals surface area contributed by atoms with E-state index in [2.05, 4.69) is 4.74 Å². The first-order valence-corrected chi connectivity index (χ1v) is 3.67. The summed E-state index contributed by atoms with van der Waals surface area (Å²) in [5.41, 5.74) is 0.215. The number of carboxylic acids is 1. The highest BCUT2D eigenvalue weighted by Crippen LogP contribution is 2.18. The quantitative estimate of drug-likeness (QED) is 0.785. The monoisotopic (exact) mass is 195 g/mol. The molecule has 14 heavy (non-hydrogen) atoms. The van der Waals surface area contributed by atoms with Gasteiger partial charge in [-0.2, -0.15) is 5.26 Å². The van der Waals surface area contributed by atoms with Crippen molar-refractivity contribution in [3.63, 3.8) is 0 Å². The van der Waals surface area contributed by atoms with Crippen molar-refractivity contribution in [2.24, 2.45) is 0 Å². The number of rotatable bonds is 3. The van der Waals surface area contributed by atoms with Gasteiger partial charge in [0.1, 0.15) is 0 Å². The van der Waals surface area contributed by atoms with Crippen LogP contribution in [0.3, 0.4) is 0 Å². The van der Waals surface area contributed by atoms with Crippen LogP contribution >= 0.6 is 0 Å². The second-order valence-corrected chi connectivity index (χ2v) is 2.44. The van der Waals surface area contributed by atoms with Crippen LogP contribution in [0.2, 0.25) is 0 Å². The molecule has 0 saturated carbocycles. The van der Waals surface area contributed by atoms with Crippen molar-refractivity contribution in [2.75, 3.05) is 6.61 Å². The van der Waals surface area contributed by atoms with Crippen molar-refractivity contribution in [2.45, 2.75) is 0 Å². The molecule has 1 aromatic carbocycles. The molecule has 72 valence electrons. The number of hydrogen-bond donors (Lipinski definition) is 1. The minimum Gasteiger partial charge on any atom is -0.479 e. The molecule has 4 nitrogen and oxygen atoms in total. The van der Waals surface area contributed by atoms with Gasteiger partial charge in [-0.3, -0.25) is 0 Å². The lowest BCUT2D eigenvalue weighted by atomic mass is 10.2. The molecule has 0 amide bonds. The molecule has 0 fully saturated rings. The summed E-state index contributed by atoms with van der Waals surface area (Å²) in [7, 11) is 0. The summed E-state index contributed by atoms with van der Waals surface area (Å²) in [5, 5.41) is 16.8. The summed E-state index contributed by atoms with van der Waals surface area (Å²) in [6.45, 7) is -0.633. The van der Waals surface area contributed by atoms with Gasteiger partial charge in [-0.15, -0.1) is 0 Å². The van der Waals surface area contributed by atoms with Crippen LogP contribution in [0.5, 0.6) is 5.75 Å². The van der Waals surface area contributed by atoms with E-state index in [4.69, 9.17) is 10.4 Å². The molecule has 0 saturated heterocycles. The van der Waals surface area contributed by atoms with Crippen molar-refractivity contribution in [1.82, 2.24) is 0 Å². The van der Waals surface area contributed by atoms with E-state index in [9.17, 15) is 9.18 Å². The fourth-order valence-electron chi connectivity index (χ4n) is 0.823. The summed E-state index contributed by atoms with van der Waals surface area (Å²) >= 11 is 0. The highest BCUT2D eigenvalue weighted by atomic mass is 19.1. The Morgan fingerprint density at radius 3 is 2.93 bits per heavy atom. The number of nitrogens with zero attached hydrogens (tertiary/aromatic N) is 1. The first-order valence-electron chi connectivity index (χ1n) is 3.67. The number of ether oxygens (including phenoxy) is 1. The third kappa shape index (κ3) is 2.45. The van der Waals surface area contributed by atoms with E-state index in [1.165, 1.54) is 6.07 Å². The van der Waals surface area contributed by atoms with Crippen molar-refractivity contribution < 1.29 is 19.0 Å². The Hall–Kier alpha value is -2.09. The molecule has 0 aromatic heterocycles. The maximum absolute atomic E-state index is 12.9. The van der Waals surface area contributed by atoms with E-state index < -0.39 is 18.4 Å². The maximum atomic E-state index is 12.9. The molecule has 5 heteroatoms. The third-order valence-corrected chi connectivity index (χ3v) is 1.41. The standard InChI is InChI=1S/C9H6FNO3/c10-7-2-1-6(4-11)3-8(7)14-5-9(12)13/h1-3H,5H2,(H,12,13). The van der Waals surface area contributed by atoms with E-state index in [0.29, 0.717) is 0 Å². The van der Waals surface area contributed by atoms with E-state index in [1.807, 2.05) is 0 Å². The van der Waals surface area contributed by atoms with Crippen LogP contribution in [-0.4, -0.2) is 17.7 Å². The van der Waals surface area contributed by atoms with Gasteiger partial charge in [-0.05, 0) is 12.1 Å². The molecule has 0 heterocycles. The molecular formula is C9H6FNO3. The van der Waals surface area contributed by atoms with Gasteiger partial charge in [-0.1, -0.05) is 0 Å². The SMILES string of the molecule is N#Cc1ccc(F)c(OCC(=O)O)c1. The highest BCUT2D eigenvalue weighted by Gasteiger charge is 2.06. The number of halogens is 1. The molecule has 0 bridgehead atoms. The zero-order valence-electron chi connectivity index (χ0n) is 7.03. The lowest BCUT2D eigenvalue weighted by Gasteiger charge is -2.03. The third-order valence-electron chi connectivity index (χ3n) is 1.41. The Balaban J connectivity index is 2.85. The molecular weight excluding hydrogens is 189 g/mol. The van der Waals surface area contributed by atoms with Crippen LogP contribution in [0, 0.1) is 17.1 Å². The summed E-state index contributed by atoms with van der Waals surface area (Å²) < 4.78 is 17.5. The first kappa shape index (κ1) is 9.99. The number of carbonyl (C=O) groups is 1. The summed E-state index contributed by atoms with van der Waals surface area (Å²) in [6, 6.07) is 5.27. The maximum Gasteiger partial charge on any atom is 0.341 e. The number of aliphatic carboxylic acids is 1. The molecule has 0 aliphatic carbocycles. The predicted molar refractivity (Wildman–Crippen MR) is 44.2 cm³/mol. The van der Waals surface area contributed by atoms with Crippen LogP contribution in [0.15, 0.2) is 18.2 Å². The summed E-state index contributed by atoms with van der Waals surface area (Å²) in [6.07, 6.45) is 0. The second-order valence-electron chi connectivity index (χ2n) is 2.44. The van der Waals surface area contributed by atoms with E-state index in [1.54, 1.807) is 6.07 Å². The smallest absolute Gasteiger partial charge is 0.341 e. The van der Waals surface area contributed by atoms with Crippen molar-refractivity contribution in [1.29, 1.82) is 5.26 Å². The zero-order chi connectivity index (χ0) is 10.6. The Morgan fingerprint density at radius 2 is 2.36 bits per heavy atom. The van der Waals surface area contributed by atoms with Gasteiger partial charge in [0.05, 0.1) is 11.6 Å². The van der Waals surface area contributed by atoms with Gasteiger partial charge >= 0.3 is 5.97 Å². The van der Waals surface area contributed by atoms with Gasteiger partial charge in [0.25, 0.3) is 0 Å². The van der Waals surface area contributed by atoms with E-state index in [-0.39, 0.29) is 11.3 Å². The Bertz CT molecular complexity index is 398. The lowest BCUT2D eigenvalue weighted by Crippen LogP contribution is -2.10. The Kier molecular flexibility index (Phi) is 3.02. The second kappa shape index (κ2) is 4.23. The minimum atomic E-state index is -1.20. The van der Waals surface area contributed by atoms with Crippen LogP contribution in [0.1, 0.15) is 5.56 Å². The minimum absolute atomic E-state index is 0.215. The van der Waals surface area contributed by atoms with Gasteiger partial charge < -0.3 is 9.84 Å². The normalized spacial score (nSPS) is 9.14. The van der Waals surface area contributed by atoms with Gasteiger partial charge in [0.2, 0.25) is 0 Å². The largest absolute Gasteiger partial charge is 0.479 e. The van der Waals surface area contributed by atoms with Crippen LogP contribution in [0.25, 0.3) is 0 Å². The molecule has 0 atom stereocenters. The molecule has 0 radical (unpaired) electrons. The number of nitriles is 1. The molecule has 1 N–H and O–H groups in total. The van der Waals surface area contributed by atoms with E-state index in [0.717, 1.165) is 12.1 Å². The number of hydrogen-bond acceptors (Lipinski definition) is 3. The van der Waals surface area contributed by atoms with Crippen LogP contribution in [-0.2, 0) is 4.79 Å². The zero-order valence-corrected chi connectivity index (χ0v) is 7.03. The van der Waals surface area contributed by atoms with Gasteiger partial charge in [0, 0.05) is 6.07 Å². The molecule has 0 spiro atoms. The fourth-order valence-corrected chi connectivity index (χ4v) is 0.823. The Morgan fingerprint density at radius 1 is 1.64 bits per heavy atom. The molecule has 0 unspecified atom stereocenters. The first-order chi connectivity index (χ1) is 6.63. The average Bonchev–Trinajstić information content (AvgIpc) is 2.16. The molecule has 1 aromatic rings. The topological polar surface area (TPSA) is 70.3 Å². The lowest BCUT2D eigenvalue weighted by molar-refractivity contribution is -0.139. The van der Waals surface area contributed by atoms with Crippen molar-refractivity contribution >= 4 is 5.97 Å². The predicted octanol–water partition coefficient (Wildman–Crippen LogP) is 1.16. The molecule has 0 aliphatic rings. The van der Waals surface area contributed by atoms with Gasteiger partial charge in [0.15, 0.2) is 18.2 Å². The molecule has 0 aliphatic heterocycles. The van der Waals surface area contributed by atoms with Crippen LogP contribution in [0.4, 0.5) is 4.39 Å². The number of carboxylic acid groups (broad SMARTS) is 1. The van der Waals surface area contributed by atoms with Crippen LogP contribution < -0.4 is 4.74 Å². The number of benzene rings is 1. The highest BCUT2D eigenvalue weighted by molar-refractivity contribution is 5.68. The van der Waals surface area contributed by atoms with Crippen molar-refractivity contribution in [3.05, 3.63) is 29.6 Å².